The second-order valence-corrected chi connectivity index (χ2v) is 4.71. The van der Waals surface area contributed by atoms with E-state index in [1.165, 1.54) is 0 Å². The van der Waals surface area contributed by atoms with Crippen LogP contribution in [0, 0.1) is 0 Å². The minimum absolute atomic E-state index is 0.0976. The van der Waals surface area contributed by atoms with Crippen molar-refractivity contribution in [1.29, 1.82) is 0 Å². The van der Waals surface area contributed by atoms with Gasteiger partial charge in [-0.3, -0.25) is 4.79 Å². The van der Waals surface area contributed by atoms with Crippen LogP contribution in [0.2, 0.25) is 0 Å². The Kier molecular flexibility index (Phi) is 4.12. The maximum absolute atomic E-state index is 11.6. The monoisotopic (exact) mass is 224 g/mol. The molecule has 3 N–H and O–H groups in total. The molecule has 0 saturated carbocycles. The van der Waals surface area contributed by atoms with Crippen molar-refractivity contribution in [3.05, 3.63) is 24.2 Å². The first-order valence-corrected chi connectivity index (χ1v) is 5.52. The molecule has 90 valence electrons. The molecule has 0 aliphatic carbocycles. The highest BCUT2D eigenvalue weighted by Gasteiger charge is 2.22. The molecule has 1 amide bonds. The van der Waals surface area contributed by atoms with Crippen molar-refractivity contribution in [2.75, 3.05) is 0 Å². The van der Waals surface area contributed by atoms with Gasteiger partial charge in [0.2, 0.25) is 5.91 Å². The van der Waals surface area contributed by atoms with Crippen LogP contribution < -0.4 is 11.1 Å². The van der Waals surface area contributed by atoms with E-state index in [1.54, 1.807) is 20.1 Å². The highest BCUT2D eigenvalue weighted by molar-refractivity contribution is 5.85. The first kappa shape index (κ1) is 12.8. The predicted octanol–water partition coefficient (Wildman–Crippen LogP) is 1.45. The van der Waals surface area contributed by atoms with E-state index >= 15 is 0 Å². The van der Waals surface area contributed by atoms with Gasteiger partial charge in [0.25, 0.3) is 0 Å². The molecule has 0 aliphatic rings. The first-order valence-electron chi connectivity index (χ1n) is 5.52. The highest BCUT2D eigenvalue weighted by atomic mass is 16.3. The summed E-state index contributed by atoms with van der Waals surface area (Å²) in [6.45, 7) is 5.36. The van der Waals surface area contributed by atoms with Crippen molar-refractivity contribution in [3.63, 3.8) is 0 Å². The highest BCUT2D eigenvalue weighted by Crippen LogP contribution is 2.06. The summed E-state index contributed by atoms with van der Waals surface area (Å²) in [7, 11) is 0. The lowest BCUT2D eigenvalue weighted by Gasteiger charge is -2.21. The molecule has 4 nitrogen and oxygen atoms in total. The fourth-order valence-electron chi connectivity index (χ4n) is 1.30. The molecular weight excluding hydrogens is 204 g/mol. The van der Waals surface area contributed by atoms with Gasteiger partial charge in [-0.25, -0.2) is 0 Å². The van der Waals surface area contributed by atoms with Gasteiger partial charge in [-0.2, -0.15) is 0 Å². The topological polar surface area (TPSA) is 68.3 Å². The number of nitrogens with one attached hydrogen (secondary N) is 1. The van der Waals surface area contributed by atoms with Gasteiger partial charge in [0.15, 0.2) is 0 Å². The van der Waals surface area contributed by atoms with Gasteiger partial charge < -0.3 is 15.5 Å². The number of nitrogens with two attached hydrogens (primary N) is 1. The summed E-state index contributed by atoms with van der Waals surface area (Å²) in [4.78, 5) is 11.6. The van der Waals surface area contributed by atoms with E-state index in [9.17, 15) is 4.79 Å². The Morgan fingerprint density at radius 3 is 2.81 bits per heavy atom. The van der Waals surface area contributed by atoms with Crippen molar-refractivity contribution >= 4 is 5.91 Å². The molecular formula is C12H20N2O2. The lowest BCUT2D eigenvalue weighted by molar-refractivity contribution is -0.125. The lowest BCUT2D eigenvalue weighted by atomic mass is 10.0. The Labute approximate surface area is 96.2 Å². The molecule has 0 radical (unpaired) electrons. The quantitative estimate of drug-likeness (QED) is 0.795. The fraction of sp³-hybridized carbons (Fsp3) is 0.583. The van der Waals surface area contributed by atoms with E-state index in [-0.39, 0.29) is 11.9 Å². The normalized spacial score (nSPS) is 13.5. The minimum Gasteiger partial charge on any atom is -0.469 e. The predicted molar refractivity (Wildman–Crippen MR) is 62.9 cm³/mol. The van der Waals surface area contributed by atoms with Crippen LogP contribution in [0.5, 0.6) is 0 Å². The standard InChI is InChI=1S/C12H20N2O2/c1-9(14-11(15)12(2,3)13)6-7-10-5-4-8-16-10/h4-5,8-9H,6-7,13H2,1-3H3,(H,14,15). The van der Waals surface area contributed by atoms with Gasteiger partial charge in [0.1, 0.15) is 5.76 Å². The maximum Gasteiger partial charge on any atom is 0.239 e. The summed E-state index contributed by atoms with van der Waals surface area (Å²) in [5.41, 5.74) is 4.87. The number of rotatable bonds is 5. The molecule has 0 aromatic carbocycles. The molecule has 1 rings (SSSR count). The Bertz CT molecular complexity index is 325. The molecule has 0 saturated heterocycles. The van der Waals surface area contributed by atoms with Gasteiger partial charge >= 0.3 is 0 Å². The van der Waals surface area contributed by atoms with E-state index in [4.69, 9.17) is 10.2 Å². The Balaban J connectivity index is 2.31. The van der Waals surface area contributed by atoms with Crippen molar-refractivity contribution in [1.82, 2.24) is 5.32 Å². The smallest absolute Gasteiger partial charge is 0.239 e. The number of hydrogen-bond acceptors (Lipinski definition) is 3. The summed E-state index contributed by atoms with van der Waals surface area (Å²) in [6, 6.07) is 3.89. The van der Waals surface area contributed by atoms with E-state index in [0.717, 1.165) is 18.6 Å². The van der Waals surface area contributed by atoms with E-state index in [2.05, 4.69) is 5.32 Å². The molecule has 1 unspecified atom stereocenters. The van der Waals surface area contributed by atoms with Crippen LogP contribution in [-0.4, -0.2) is 17.5 Å². The maximum atomic E-state index is 11.6. The lowest BCUT2D eigenvalue weighted by Crippen LogP contribution is -2.51. The summed E-state index contributed by atoms with van der Waals surface area (Å²) in [6.07, 6.45) is 3.32. The number of aryl methyl sites for hydroxylation is 1. The number of carbonyl (C=O) groups excluding carboxylic acids is 1. The Morgan fingerprint density at radius 2 is 2.31 bits per heavy atom. The zero-order chi connectivity index (χ0) is 12.2. The average Bonchev–Trinajstić information content (AvgIpc) is 2.65. The van der Waals surface area contributed by atoms with Crippen molar-refractivity contribution in [2.45, 2.75) is 45.2 Å². The third kappa shape index (κ3) is 4.06. The van der Waals surface area contributed by atoms with E-state index in [1.807, 2.05) is 19.1 Å². The zero-order valence-corrected chi connectivity index (χ0v) is 10.1. The molecule has 1 aromatic rings. The number of amides is 1. The number of carbonyl (C=O) groups is 1. The van der Waals surface area contributed by atoms with Crippen molar-refractivity contribution in [3.8, 4) is 0 Å². The van der Waals surface area contributed by atoms with Crippen LogP contribution in [0.25, 0.3) is 0 Å². The van der Waals surface area contributed by atoms with Crippen LogP contribution in [0.1, 0.15) is 33.0 Å². The van der Waals surface area contributed by atoms with Crippen LogP contribution in [-0.2, 0) is 11.2 Å². The van der Waals surface area contributed by atoms with Gasteiger partial charge in [-0.05, 0) is 39.3 Å². The molecule has 1 heterocycles. The Morgan fingerprint density at radius 1 is 1.62 bits per heavy atom. The zero-order valence-electron chi connectivity index (χ0n) is 10.1. The average molecular weight is 224 g/mol. The summed E-state index contributed by atoms with van der Waals surface area (Å²) < 4.78 is 5.22. The van der Waals surface area contributed by atoms with Crippen molar-refractivity contribution in [2.24, 2.45) is 5.73 Å². The SMILES string of the molecule is CC(CCc1ccco1)NC(=O)C(C)(C)N. The third-order valence-corrected chi connectivity index (χ3v) is 2.37. The second-order valence-electron chi connectivity index (χ2n) is 4.71. The Hall–Kier alpha value is -1.29. The largest absolute Gasteiger partial charge is 0.469 e. The summed E-state index contributed by atoms with van der Waals surface area (Å²) in [5, 5.41) is 2.88. The third-order valence-electron chi connectivity index (χ3n) is 2.37. The summed E-state index contributed by atoms with van der Waals surface area (Å²) in [5.74, 6) is 0.813. The van der Waals surface area contributed by atoms with Gasteiger partial charge in [-0.1, -0.05) is 0 Å². The first-order chi connectivity index (χ1) is 7.39. The van der Waals surface area contributed by atoms with Crippen LogP contribution in [0.3, 0.4) is 0 Å². The fourth-order valence-corrected chi connectivity index (χ4v) is 1.30. The molecule has 0 aliphatic heterocycles. The molecule has 1 atom stereocenters. The molecule has 0 fully saturated rings. The number of furan rings is 1. The summed E-state index contributed by atoms with van der Waals surface area (Å²) >= 11 is 0. The molecule has 0 bridgehead atoms. The van der Waals surface area contributed by atoms with Crippen LogP contribution in [0.4, 0.5) is 0 Å². The molecule has 1 aromatic heterocycles. The van der Waals surface area contributed by atoms with Gasteiger partial charge in [0, 0.05) is 12.5 Å². The van der Waals surface area contributed by atoms with E-state index < -0.39 is 5.54 Å². The molecule has 16 heavy (non-hydrogen) atoms. The van der Waals surface area contributed by atoms with Crippen molar-refractivity contribution < 1.29 is 9.21 Å². The van der Waals surface area contributed by atoms with Gasteiger partial charge in [0.05, 0.1) is 11.8 Å². The van der Waals surface area contributed by atoms with Gasteiger partial charge in [-0.15, -0.1) is 0 Å². The van der Waals surface area contributed by atoms with Crippen LogP contribution >= 0.6 is 0 Å². The molecule has 4 heteroatoms. The minimum atomic E-state index is -0.820. The van der Waals surface area contributed by atoms with E-state index in [0.29, 0.717) is 0 Å². The van der Waals surface area contributed by atoms with Crippen LogP contribution in [0.15, 0.2) is 22.8 Å². The number of hydrogen-bond donors (Lipinski definition) is 2. The second kappa shape index (κ2) is 5.16. The molecule has 0 spiro atoms.